The zero-order chi connectivity index (χ0) is 6.85. The number of amides is 1. The predicted molar refractivity (Wildman–Crippen MR) is 49.6 cm³/mol. The van der Waals surface area contributed by atoms with Crippen LogP contribution in [-0.4, -0.2) is 37.0 Å². The molecule has 1 aliphatic heterocycles. The summed E-state index contributed by atoms with van der Waals surface area (Å²) in [7, 11) is 1.83. The minimum atomic E-state index is 0. The molecule has 0 aromatic heterocycles. The summed E-state index contributed by atoms with van der Waals surface area (Å²) in [6.07, 6.45) is 0. The Morgan fingerprint density at radius 3 is 2.45 bits per heavy atom. The first-order valence-electron chi connectivity index (χ1n) is 3.17. The minimum Gasteiger partial charge on any atom is -0.343 e. The molecule has 0 bridgehead atoms. The molecular weight excluding hydrogens is 187 g/mol. The van der Waals surface area contributed by atoms with Crippen LogP contribution in [0.3, 0.4) is 0 Å². The third-order valence-electron chi connectivity index (χ3n) is 1.58. The molecule has 11 heavy (non-hydrogen) atoms. The maximum absolute atomic E-state index is 10.8. The van der Waals surface area contributed by atoms with E-state index < -0.39 is 0 Å². The average molecular weight is 201 g/mol. The van der Waals surface area contributed by atoms with Gasteiger partial charge in [0, 0.05) is 19.6 Å². The van der Waals surface area contributed by atoms with Crippen LogP contribution in [0.1, 0.15) is 6.92 Å². The van der Waals surface area contributed by atoms with Crippen molar-refractivity contribution in [3.63, 3.8) is 0 Å². The number of likely N-dealkylation sites (N-methyl/N-ethyl adjacent to an activating group) is 1. The van der Waals surface area contributed by atoms with Gasteiger partial charge in [-0.1, -0.05) is 0 Å². The Morgan fingerprint density at radius 1 is 1.55 bits per heavy atom. The van der Waals surface area contributed by atoms with Crippen molar-refractivity contribution in [3.05, 3.63) is 0 Å². The number of hydrogen-bond donors (Lipinski definition) is 1. The molecule has 0 spiro atoms. The summed E-state index contributed by atoms with van der Waals surface area (Å²) >= 11 is 0. The highest BCUT2D eigenvalue weighted by molar-refractivity contribution is 5.85. The molecule has 1 aliphatic rings. The maximum atomic E-state index is 10.8. The highest BCUT2D eigenvalue weighted by Crippen LogP contribution is 1.94. The van der Waals surface area contributed by atoms with Crippen molar-refractivity contribution in [2.45, 2.75) is 13.0 Å². The molecule has 1 heterocycles. The topological polar surface area (TPSA) is 32.3 Å². The van der Waals surface area contributed by atoms with E-state index in [4.69, 9.17) is 0 Å². The number of halogens is 2. The molecule has 68 valence electrons. The molecule has 5 heteroatoms. The van der Waals surface area contributed by atoms with Crippen LogP contribution in [0.25, 0.3) is 0 Å². The van der Waals surface area contributed by atoms with Gasteiger partial charge in [0.1, 0.15) is 0 Å². The van der Waals surface area contributed by atoms with Crippen LogP contribution in [0.5, 0.6) is 0 Å². The molecule has 0 radical (unpaired) electrons. The van der Waals surface area contributed by atoms with E-state index in [0.717, 1.165) is 6.54 Å². The van der Waals surface area contributed by atoms with Crippen LogP contribution >= 0.6 is 24.8 Å². The van der Waals surface area contributed by atoms with Crippen LogP contribution in [0.15, 0.2) is 0 Å². The summed E-state index contributed by atoms with van der Waals surface area (Å²) in [5, 5.41) is 3.07. The number of hydrogen-bond acceptors (Lipinski definition) is 2. The Bertz CT molecular complexity index is 132. The molecule has 1 N–H and O–H groups in total. The summed E-state index contributed by atoms with van der Waals surface area (Å²) in [6, 6.07) is 0.452. The third kappa shape index (κ3) is 3.79. The molecule has 0 aromatic carbocycles. The zero-order valence-corrected chi connectivity index (χ0v) is 8.30. The van der Waals surface area contributed by atoms with Gasteiger partial charge in [0.25, 0.3) is 0 Å². The molecule has 1 rings (SSSR count). The molecule has 0 saturated carbocycles. The first-order valence-corrected chi connectivity index (χ1v) is 3.17. The molecule has 3 nitrogen and oxygen atoms in total. The quantitative estimate of drug-likeness (QED) is 0.610. The lowest BCUT2D eigenvalue weighted by Crippen LogP contribution is -2.51. The van der Waals surface area contributed by atoms with E-state index in [1.807, 2.05) is 7.05 Å². The molecule has 0 aromatic rings. The number of carbonyl (C=O) groups is 1. The SMILES string of the molecule is C[C@@H]1CN(C)C(=O)CN1.Cl.Cl. The van der Waals surface area contributed by atoms with Crippen molar-refractivity contribution >= 4 is 30.7 Å². The van der Waals surface area contributed by atoms with Gasteiger partial charge in [-0.3, -0.25) is 4.79 Å². The lowest BCUT2D eigenvalue weighted by atomic mass is 10.2. The Balaban J connectivity index is 0. The number of piperazine rings is 1. The van der Waals surface area contributed by atoms with E-state index in [-0.39, 0.29) is 30.7 Å². The molecular formula is C6H14Cl2N2O. The van der Waals surface area contributed by atoms with Crippen molar-refractivity contribution in [3.8, 4) is 0 Å². The van der Waals surface area contributed by atoms with Gasteiger partial charge in [-0.05, 0) is 6.92 Å². The van der Waals surface area contributed by atoms with E-state index in [1.165, 1.54) is 0 Å². The van der Waals surface area contributed by atoms with Crippen LogP contribution in [0.2, 0.25) is 0 Å². The highest BCUT2D eigenvalue weighted by atomic mass is 35.5. The average Bonchev–Trinajstić information content (AvgIpc) is 1.80. The fourth-order valence-corrected chi connectivity index (χ4v) is 0.974. The predicted octanol–water partition coefficient (Wildman–Crippen LogP) is 0.280. The second-order valence-electron chi connectivity index (χ2n) is 2.56. The lowest BCUT2D eigenvalue weighted by molar-refractivity contribution is -0.131. The fourth-order valence-electron chi connectivity index (χ4n) is 0.974. The normalized spacial score (nSPS) is 23.6. The smallest absolute Gasteiger partial charge is 0.236 e. The third-order valence-corrected chi connectivity index (χ3v) is 1.58. The minimum absolute atomic E-state index is 0. The van der Waals surface area contributed by atoms with Crippen molar-refractivity contribution in [2.24, 2.45) is 0 Å². The van der Waals surface area contributed by atoms with Gasteiger partial charge in [-0.15, -0.1) is 24.8 Å². The molecule has 0 unspecified atom stereocenters. The van der Waals surface area contributed by atoms with Crippen molar-refractivity contribution in [1.82, 2.24) is 10.2 Å². The van der Waals surface area contributed by atoms with Crippen molar-refractivity contribution in [2.75, 3.05) is 20.1 Å². The molecule has 1 fully saturated rings. The van der Waals surface area contributed by atoms with E-state index in [9.17, 15) is 4.79 Å². The summed E-state index contributed by atoms with van der Waals surface area (Å²) in [6.45, 7) is 3.40. The monoisotopic (exact) mass is 200 g/mol. The van der Waals surface area contributed by atoms with Crippen LogP contribution in [0.4, 0.5) is 0 Å². The number of carbonyl (C=O) groups excluding carboxylic acids is 1. The first kappa shape index (κ1) is 13.6. The number of nitrogens with one attached hydrogen (secondary N) is 1. The Morgan fingerprint density at radius 2 is 2.09 bits per heavy atom. The van der Waals surface area contributed by atoms with Gasteiger partial charge in [-0.2, -0.15) is 0 Å². The summed E-state index contributed by atoms with van der Waals surface area (Å²) in [4.78, 5) is 12.6. The summed E-state index contributed by atoms with van der Waals surface area (Å²) in [5.74, 6) is 0.188. The molecule has 1 atom stereocenters. The standard InChI is InChI=1S/C6H12N2O.2ClH/c1-5-4-8(2)6(9)3-7-5;;/h5,7H,3-4H2,1-2H3;2*1H/t5-;;/m1../s1. The fraction of sp³-hybridized carbons (Fsp3) is 0.833. The Hall–Kier alpha value is 0.01000. The second-order valence-corrected chi connectivity index (χ2v) is 2.56. The first-order chi connectivity index (χ1) is 4.20. The summed E-state index contributed by atoms with van der Waals surface area (Å²) in [5.41, 5.74) is 0. The Kier molecular flexibility index (Phi) is 6.96. The Labute approximate surface area is 79.3 Å². The van der Waals surface area contributed by atoms with Gasteiger partial charge < -0.3 is 10.2 Å². The van der Waals surface area contributed by atoms with E-state index >= 15 is 0 Å². The van der Waals surface area contributed by atoms with E-state index in [1.54, 1.807) is 4.90 Å². The largest absolute Gasteiger partial charge is 0.343 e. The second kappa shape index (κ2) is 5.63. The van der Waals surface area contributed by atoms with Crippen LogP contribution in [-0.2, 0) is 4.79 Å². The van der Waals surface area contributed by atoms with E-state index in [0.29, 0.717) is 12.6 Å². The number of rotatable bonds is 0. The number of nitrogens with zero attached hydrogens (tertiary/aromatic N) is 1. The van der Waals surface area contributed by atoms with Gasteiger partial charge in [0.2, 0.25) is 5.91 Å². The maximum Gasteiger partial charge on any atom is 0.236 e. The van der Waals surface area contributed by atoms with Crippen molar-refractivity contribution < 1.29 is 4.79 Å². The molecule has 1 saturated heterocycles. The highest BCUT2D eigenvalue weighted by Gasteiger charge is 2.17. The van der Waals surface area contributed by atoms with Gasteiger partial charge >= 0.3 is 0 Å². The van der Waals surface area contributed by atoms with E-state index in [2.05, 4.69) is 12.2 Å². The summed E-state index contributed by atoms with van der Waals surface area (Å²) < 4.78 is 0. The lowest BCUT2D eigenvalue weighted by Gasteiger charge is -2.28. The van der Waals surface area contributed by atoms with Gasteiger partial charge in [0.05, 0.1) is 6.54 Å². The zero-order valence-electron chi connectivity index (χ0n) is 6.66. The molecule has 0 aliphatic carbocycles. The van der Waals surface area contributed by atoms with Crippen LogP contribution in [0, 0.1) is 0 Å². The van der Waals surface area contributed by atoms with Crippen molar-refractivity contribution in [1.29, 1.82) is 0 Å². The van der Waals surface area contributed by atoms with Gasteiger partial charge in [0.15, 0.2) is 0 Å². The van der Waals surface area contributed by atoms with Gasteiger partial charge in [-0.25, -0.2) is 0 Å². The molecule has 1 amide bonds. The van der Waals surface area contributed by atoms with Crippen LogP contribution < -0.4 is 5.32 Å².